The summed E-state index contributed by atoms with van der Waals surface area (Å²) in [6.45, 7) is 1.69. The summed E-state index contributed by atoms with van der Waals surface area (Å²) in [5.41, 5.74) is 0.571. The van der Waals surface area contributed by atoms with E-state index in [1.807, 2.05) is 6.26 Å². The molecule has 8 heteroatoms. The second-order valence-electron chi connectivity index (χ2n) is 7.87. The van der Waals surface area contributed by atoms with Crippen molar-refractivity contribution in [2.24, 2.45) is 5.92 Å². The summed E-state index contributed by atoms with van der Waals surface area (Å²) in [5, 5.41) is 2.94. The van der Waals surface area contributed by atoms with Gasteiger partial charge in [0, 0.05) is 6.04 Å². The first-order chi connectivity index (χ1) is 14.4. The SMILES string of the molecule is CSCC[C@H](C(=O)OCC(=O)N[C@H]1CCCC[C@H]1C)N1C(=O)c2ccccc2C1=O. The number of esters is 1. The fourth-order valence-corrected chi connectivity index (χ4v) is 4.54. The Balaban J connectivity index is 1.64. The second-order valence-corrected chi connectivity index (χ2v) is 8.85. The summed E-state index contributed by atoms with van der Waals surface area (Å²) < 4.78 is 5.24. The molecule has 1 aromatic rings. The normalized spacial score (nSPS) is 21.9. The minimum absolute atomic E-state index is 0.0912. The van der Waals surface area contributed by atoms with Gasteiger partial charge in [-0.05, 0) is 49.3 Å². The van der Waals surface area contributed by atoms with Crippen LogP contribution in [0.4, 0.5) is 0 Å². The lowest BCUT2D eigenvalue weighted by molar-refractivity contribution is -0.152. The number of ether oxygens (including phenoxy) is 1. The molecule has 0 radical (unpaired) electrons. The molecule has 1 aliphatic heterocycles. The third-order valence-electron chi connectivity index (χ3n) is 5.81. The second kappa shape index (κ2) is 10.1. The zero-order chi connectivity index (χ0) is 21.7. The van der Waals surface area contributed by atoms with Gasteiger partial charge >= 0.3 is 5.97 Å². The summed E-state index contributed by atoms with van der Waals surface area (Å²) in [4.78, 5) is 51.6. The van der Waals surface area contributed by atoms with Gasteiger partial charge in [0.2, 0.25) is 0 Å². The molecule has 1 saturated carbocycles. The number of carbonyl (C=O) groups excluding carboxylic acids is 4. The molecule has 0 spiro atoms. The average molecular weight is 433 g/mol. The Kier molecular flexibility index (Phi) is 7.53. The van der Waals surface area contributed by atoms with Crippen molar-refractivity contribution in [3.05, 3.63) is 35.4 Å². The van der Waals surface area contributed by atoms with Crippen molar-refractivity contribution in [2.45, 2.75) is 51.1 Å². The number of fused-ring (bicyclic) bond motifs is 1. The molecule has 0 unspecified atom stereocenters. The van der Waals surface area contributed by atoms with E-state index in [1.54, 1.807) is 24.3 Å². The maximum absolute atomic E-state index is 12.8. The lowest BCUT2D eigenvalue weighted by Gasteiger charge is -2.29. The first-order valence-electron chi connectivity index (χ1n) is 10.4. The number of thioether (sulfide) groups is 1. The molecule has 3 rings (SSSR count). The third kappa shape index (κ3) is 4.86. The van der Waals surface area contributed by atoms with Crippen molar-refractivity contribution in [3.8, 4) is 0 Å². The highest BCUT2D eigenvalue weighted by Crippen LogP contribution is 2.27. The van der Waals surface area contributed by atoms with Crippen LogP contribution in [0.15, 0.2) is 24.3 Å². The number of rotatable bonds is 8. The lowest BCUT2D eigenvalue weighted by atomic mass is 9.86. The molecule has 162 valence electrons. The minimum atomic E-state index is -1.05. The third-order valence-corrected chi connectivity index (χ3v) is 6.45. The Morgan fingerprint density at radius 1 is 1.17 bits per heavy atom. The van der Waals surface area contributed by atoms with E-state index < -0.39 is 30.4 Å². The lowest BCUT2D eigenvalue weighted by Crippen LogP contribution is -2.47. The number of hydrogen-bond acceptors (Lipinski definition) is 6. The topological polar surface area (TPSA) is 92.8 Å². The van der Waals surface area contributed by atoms with Crippen LogP contribution in [-0.2, 0) is 14.3 Å². The molecule has 30 heavy (non-hydrogen) atoms. The van der Waals surface area contributed by atoms with Gasteiger partial charge in [-0.15, -0.1) is 0 Å². The van der Waals surface area contributed by atoms with Crippen molar-refractivity contribution >= 4 is 35.5 Å². The van der Waals surface area contributed by atoms with Crippen molar-refractivity contribution in [1.29, 1.82) is 0 Å². The molecule has 1 N–H and O–H groups in total. The molecule has 0 bridgehead atoms. The van der Waals surface area contributed by atoms with Crippen LogP contribution >= 0.6 is 11.8 Å². The fourth-order valence-electron chi connectivity index (χ4n) is 4.08. The molecule has 1 aliphatic carbocycles. The van der Waals surface area contributed by atoms with Crippen LogP contribution in [-0.4, -0.2) is 59.3 Å². The number of hydrogen-bond donors (Lipinski definition) is 1. The maximum atomic E-state index is 12.8. The first kappa shape index (κ1) is 22.3. The number of imide groups is 1. The smallest absolute Gasteiger partial charge is 0.329 e. The van der Waals surface area contributed by atoms with E-state index >= 15 is 0 Å². The Hall–Kier alpha value is -2.35. The Morgan fingerprint density at radius 2 is 1.80 bits per heavy atom. The molecule has 0 saturated heterocycles. The quantitative estimate of drug-likeness (QED) is 0.501. The van der Waals surface area contributed by atoms with Crippen LogP contribution < -0.4 is 5.32 Å². The Labute approximate surface area is 180 Å². The van der Waals surface area contributed by atoms with Gasteiger partial charge in [-0.1, -0.05) is 31.9 Å². The molecule has 1 fully saturated rings. The van der Waals surface area contributed by atoms with E-state index in [-0.39, 0.29) is 29.5 Å². The van der Waals surface area contributed by atoms with E-state index in [1.165, 1.54) is 18.2 Å². The van der Waals surface area contributed by atoms with Crippen molar-refractivity contribution in [2.75, 3.05) is 18.6 Å². The predicted molar refractivity (Wildman–Crippen MR) is 114 cm³/mol. The van der Waals surface area contributed by atoms with Gasteiger partial charge in [-0.25, -0.2) is 4.79 Å². The number of nitrogens with zero attached hydrogens (tertiary/aromatic N) is 1. The fraction of sp³-hybridized carbons (Fsp3) is 0.545. The van der Waals surface area contributed by atoms with Crippen LogP contribution in [0.1, 0.15) is 59.7 Å². The predicted octanol–water partition coefficient (Wildman–Crippen LogP) is 2.64. The first-order valence-corrected chi connectivity index (χ1v) is 11.7. The zero-order valence-corrected chi connectivity index (χ0v) is 18.2. The maximum Gasteiger partial charge on any atom is 0.329 e. The number of nitrogens with one attached hydrogen (secondary N) is 1. The Morgan fingerprint density at radius 3 is 2.40 bits per heavy atom. The molecular formula is C22H28N2O5S. The summed E-state index contributed by atoms with van der Waals surface area (Å²) in [7, 11) is 0. The summed E-state index contributed by atoms with van der Waals surface area (Å²) >= 11 is 1.50. The molecule has 3 atom stereocenters. The summed E-state index contributed by atoms with van der Waals surface area (Å²) in [6, 6.07) is 5.55. The van der Waals surface area contributed by atoms with E-state index in [2.05, 4.69) is 12.2 Å². The molecule has 3 amide bonds. The number of amides is 3. The standard InChI is InChI=1S/C22H28N2O5S/c1-14-7-3-6-10-17(14)23-19(25)13-29-22(28)18(11-12-30-2)24-20(26)15-8-4-5-9-16(15)21(24)27/h4-5,8-9,14,17-18H,3,6-7,10-13H2,1-2H3,(H,23,25)/t14-,17+,18-/m1/s1. The van der Waals surface area contributed by atoms with Gasteiger partial charge in [-0.2, -0.15) is 11.8 Å². The summed E-state index contributed by atoms with van der Waals surface area (Å²) in [6.07, 6.45) is 6.38. The van der Waals surface area contributed by atoms with Gasteiger partial charge in [0.05, 0.1) is 11.1 Å². The van der Waals surface area contributed by atoms with E-state index in [0.29, 0.717) is 11.7 Å². The molecular weight excluding hydrogens is 404 g/mol. The van der Waals surface area contributed by atoms with E-state index in [9.17, 15) is 19.2 Å². The average Bonchev–Trinajstić information content (AvgIpc) is 2.99. The molecule has 0 aromatic heterocycles. The highest BCUT2D eigenvalue weighted by Gasteiger charge is 2.43. The van der Waals surface area contributed by atoms with Crippen LogP contribution in [0.5, 0.6) is 0 Å². The van der Waals surface area contributed by atoms with Gasteiger partial charge in [0.25, 0.3) is 17.7 Å². The largest absolute Gasteiger partial charge is 0.454 e. The van der Waals surface area contributed by atoms with Gasteiger partial charge in [0.1, 0.15) is 6.04 Å². The molecule has 2 aliphatic rings. The van der Waals surface area contributed by atoms with E-state index in [0.717, 1.165) is 24.2 Å². The zero-order valence-electron chi connectivity index (χ0n) is 17.4. The monoisotopic (exact) mass is 432 g/mol. The molecule has 1 heterocycles. The van der Waals surface area contributed by atoms with Crippen molar-refractivity contribution < 1.29 is 23.9 Å². The van der Waals surface area contributed by atoms with Crippen LogP contribution in [0.25, 0.3) is 0 Å². The molecule has 1 aromatic carbocycles. The van der Waals surface area contributed by atoms with Crippen LogP contribution in [0, 0.1) is 5.92 Å². The summed E-state index contributed by atoms with van der Waals surface area (Å²) in [5.74, 6) is -1.12. The van der Waals surface area contributed by atoms with Gasteiger partial charge in [0.15, 0.2) is 6.61 Å². The van der Waals surface area contributed by atoms with Gasteiger partial charge < -0.3 is 10.1 Å². The van der Waals surface area contributed by atoms with E-state index in [4.69, 9.17) is 4.74 Å². The van der Waals surface area contributed by atoms with Crippen LogP contribution in [0.2, 0.25) is 0 Å². The highest BCUT2D eigenvalue weighted by molar-refractivity contribution is 7.98. The minimum Gasteiger partial charge on any atom is -0.454 e. The van der Waals surface area contributed by atoms with Gasteiger partial charge in [-0.3, -0.25) is 19.3 Å². The Bertz CT molecular complexity index is 793. The number of carbonyl (C=O) groups is 4. The molecule has 7 nitrogen and oxygen atoms in total. The van der Waals surface area contributed by atoms with Crippen LogP contribution in [0.3, 0.4) is 0 Å². The highest BCUT2D eigenvalue weighted by atomic mass is 32.2. The number of benzene rings is 1. The van der Waals surface area contributed by atoms with Crippen molar-refractivity contribution in [3.63, 3.8) is 0 Å². The van der Waals surface area contributed by atoms with Crippen molar-refractivity contribution in [1.82, 2.24) is 10.2 Å².